The van der Waals surface area contributed by atoms with E-state index in [0.29, 0.717) is 28.6 Å². The highest BCUT2D eigenvalue weighted by Gasteiger charge is 2.42. The predicted octanol–water partition coefficient (Wildman–Crippen LogP) is 4.85. The lowest BCUT2D eigenvalue weighted by Gasteiger charge is -2.14. The third-order valence-corrected chi connectivity index (χ3v) is 7.02. The van der Waals surface area contributed by atoms with Crippen LogP contribution in [0.2, 0.25) is 0 Å². The molecule has 0 saturated carbocycles. The molecule has 12 nitrogen and oxygen atoms in total. The molecule has 210 valence electrons. The quantitative estimate of drug-likeness (QED) is 0.116. The molecule has 0 aliphatic carbocycles. The Bertz CT molecular complexity index is 1570. The number of methoxy groups -OCH3 is 2. The lowest BCUT2D eigenvalue weighted by molar-refractivity contribution is -0.536. The molecule has 13 heteroatoms. The lowest BCUT2D eigenvalue weighted by Crippen LogP contribution is -2.36. The van der Waals surface area contributed by atoms with Crippen LogP contribution in [0, 0.1) is 21.4 Å². The van der Waals surface area contributed by atoms with E-state index in [1.165, 1.54) is 23.7 Å². The van der Waals surface area contributed by atoms with Crippen molar-refractivity contribution in [2.24, 2.45) is 0 Å². The Balaban J connectivity index is 0.000000322. The molecule has 1 aromatic heterocycles. The van der Waals surface area contributed by atoms with Crippen molar-refractivity contribution >= 4 is 19.2 Å². The largest absolute Gasteiger partial charge is 0.872 e. The van der Waals surface area contributed by atoms with Gasteiger partial charge in [-0.25, -0.2) is 0 Å². The summed E-state index contributed by atoms with van der Waals surface area (Å²) in [4.78, 5) is 21.3. The first-order chi connectivity index (χ1) is 19.6. The number of nitriles is 1. The fraction of sp³-hybridized carbons (Fsp3) is 0.107. The van der Waals surface area contributed by atoms with E-state index in [0.717, 1.165) is 18.2 Å². The summed E-state index contributed by atoms with van der Waals surface area (Å²) >= 11 is 0. The molecular formula is C28H24N3O9P. The molecule has 0 bridgehead atoms. The highest BCUT2D eigenvalue weighted by Crippen LogP contribution is 2.44. The molecule has 0 atom stereocenters. The molecule has 0 unspecified atom stereocenters. The number of carbonyl (C=O) groups is 1. The van der Waals surface area contributed by atoms with Gasteiger partial charge in [0.1, 0.15) is 34.6 Å². The van der Waals surface area contributed by atoms with Crippen molar-refractivity contribution in [3.8, 4) is 34.8 Å². The van der Waals surface area contributed by atoms with Crippen LogP contribution >= 0.6 is 7.75 Å². The number of aromatic nitrogens is 1. The first kappa shape index (κ1) is 30.1. The molecule has 1 heterocycles. The average molecular weight is 577 g/mol. The van der Waals surface area contributed by atoms with Gasteiger partial charge in [-0.05, 0) is 67.6 Å². The van der Waals surface area contributed by atoms with Crippen molar-refractivity contribution in [2.75, 3.05) is 14.2 Å². The molecule has 0 radical (unpaired) electrons. The molecule has 41 heavy (non-hydrogen) atoms. The maximum Gasteiger partial charge on any atom is 0.728 e. The first-order valence-electron chi connectivity index (χ1n) is 11.7. The van der Waals surface area contributed by atoms with Gasteiger partial charge in [0.2, 0.25) is 0 Å². The Morgan fingerprint density at radius 3 is 1.85 bits per heavy atom. The smallest absolute Gasteiger partial charge is 0.728 e. The summed E-state index contributed by atoms with van der Waals surface area (Å²) in [5, 5.41) is 29.3. The molecule has 0 spiro atoms. The van der Waals surface area contributed by atoms with E-state index in [-0.39, 0.29) is 17.0 Å². The van der Waals surface area contributed by atoms with Crippen LogP contribution in [0.15, 0.2) is 91.3 Å². The third kappa shape index (κ3) is 8.05. The molecule has 0 N–H and O–H groups in total. The first-order valence-corrected chi connectivity index (χ1v) is 13.2. The summed E-state index contributed by atoms with van der Waals surface area (Å²) in [7, 11) is -0.842. The van der Waals surface area contributed by atoms with Crippen molar-refractivity contribution < 1.29 is 42.2 Å². The molecule has 0 fully saturated rings. The van der Waals surface area contributed by atoms with Crippen LogP contribution in [0.3, 0.4) is 0 Å². The number of ketones is 1. The van der Waals surface area contributed by atoms with Gasteiger partial charge in [0.15, 0.2) is 18.2 Å². The van der Waals surface area contributed by atoms with E-state index in [1.54, 1.807) is 81.0 Å². The van der Waals surface area contributed by atoms with Crippen LogP contribution in [0.25, 0.3) is 0 Å². The van der Waals surface area contributed by atoms with Crippen LogP contribution in [0.1, 0.15) is 22.8 Å². The van der Waals surface area contributed by atoms with Crippen molar-refractivity contribution in [1.82, 2.24) is 0 Å². The molecule has 0 aliphatic heterocycles. The lowest BCUT2D eigenvalue weighted by atomic mass is 10.2. The molecule has 0 amide bonds. The average Bonchev–Trinajstić information content (AvgIpc) is 2.98. The number of Topliss-reactive ketones (excluding diaryl/α,β-unsaturated/α-hetero) is 1. The monoisotopic (exact) mass is 577 g/mol. The normalized spacial score (nSPS) is 10.3. The zero-order chi connectivity index (χ0) is 30.0. The van der Waals surface area contributed by atoms with Gasteiger partial charge in [-0.1, -0.05) is 10.4 Å². The van der Waals surface area contributed by atoms with Crippen LogP contribution in [0.5, 0.6) is 28.7 Å². The van der Waals surface area contributed by atoms with Gasteiger partial charge in [0.25, 0.3) is 5.69 Å². The maximum atomic E-state index is 13.8. The van der Waals surface area contributed by atoms with Crippen LogP contribution < -0.4 is 28.0 Å². The molecule has 4 aromatic rings. The Morgan fingerprint density at radius 1 is 0.902 bits per heavy atom. The summed E-state index contributed by atoms with van der Waals surface area (Å²) in [5.41, 5.74) is -0.158. The Morgan fingerprint density at radius 2 is 1.41 bits per heavy atom. The summed E-state index contributed by atoms with van der Waals surface area (Å²) in [5.74, 6) is 1.34. The van der Waals surface area contributed by atoms with E-state index in [4.69, 9.17) is 23.8 Å². The van der Waals surface area contributed by atoms with E-state index >= 15 is 0 Å². The second-order valence-corrected chi connectivity index (χ2v) is 9.84. The zero-order valence-electron chi connectivity index (χ0n) is 22.1. The fourth-order valence-corrected chi connectivity index (χ4v) is 4.75. The molecule has 0 aliphatic rings. The van der Waals surface area contributed by atoms with Gasteiger partial charge in [0, 0.05) is 12.1 Å². The molecule has 4 rings (SSSR count). The van der Waals surface area contributed by atoms with Gasteiger partial charge in [-0.2, -0.15) is 9.83 Å². The second kappa shape index (κ2) is 13.6. The van der Waals surface area contributed by atoms with Gasteiger partial charge < -0.3 is 23.6 Å². The van der Waals surface area contributed by atoms with E-state index < -0.39 is 18.4 Å². The standard InChI is InChI=1S/C21H21NO6P.C7H4N2O3/c1-16(23)17-5-4-14-22(15-17)29(24,27-20-10-6-18(25-2)7-11-20)28-21-12-8-19(26-3)9-13-21;8-4-5-3-6(10)1-2-7(5)9(11)12/h4-15H,1-3H3;1-3,10H/q+1;/p-1. The summed E-state index contributed by atoms with van der Waals surface area (Å²) in [6.45, 7) is 1.43. The highest BCUT2D eigenvalue weighted by atomic mass is 31.2. The minimum Gasteiger partial charge on any atom is -0.872 e. The molecule has 0 saturated heterocycles. The van der Waals surface area contributed by atoms with Crippen molar-refractivity contribution in [2.45, 2.75) is 6.92 Å². The van der Waals surface area contributed by atoms with Crippen LogP contribution in [-0.2, 0) is 4.57 Å². The van der Waals surface area contributed by atoms with Gasteiger partial charge in [0.05, 0.1) is 24.7 Å². The predicted molar refractivity (Wildman–Crippen MR) is 144 cm³/mol. The SMILES string of the molecule is COc1ccc(OP(=O)(Oc2ccc(OC)cc2)[n+]2cccc(C(C)=O)c2)cc1.N#Cc1cc([O-])ccc1[N+](=O)[O-]. The van der Waals surface area contributed by atoms with E-state index in [1.807, 2.05) is 0 Å². The molecule has 3 aromatic carbocycles. The van der Waals surface area contributed by atoms with Crippen molar-refractivity contribution in [3.63, 3.8) is 0 Å². The minimum atomic E-state index is -3.95. The van der Waals surface area contributed by atoms with E-state index in [9.17, 15) is 24.6 Å². The number of pyridine rings is 1. The number of carbonyl (C=O) groups excluding carboxylic acids is 1. The molecular weight excluding hydrogens is 553 g/mol. The second-order valence-electron chi connectivity index (χ2n) is 8.08. The topological polar surface area (TPSA) is 165 Å². The number of nitrogens with zero attached hydrogens (tertiary/aromatic N) is 3. The van der Waals surface area contributed by atoms with Crippen molar-refractivity contribution in [3.05, 3.63) is 112 Å². The summed E-state index contributed by atoms with van der Waals surface area (Å²) in [6, 6.07) is 21.1. The summed E-state index contributed by atoms with van der Waals surface area (Å²) in [6.07, 6.45) is 2.97. The number of ether oxygens (including phenoxy) is 2. The number of hydrogen-bond donors (Lipinski definition) is 0. The number of benzene rings is 3. The number of rotatable bonds is 9. The van der Waals surface area contributed by atoms with Gasteiger partial charge >= 0.3 is 7.75 Å². The Hall–Kier alpha value is -5.40. The van der Waals surface area contributed by atoms with Gasteiger partial charge in [-0.3, -0.25) is 14.9 Å². The number of nitro benzene ring substituents is 1. The Kier molecular flexibility index (Phi) is 10.00. The maximum absolute atomic E-state index is 13.8. The zero-order valence-corrected chi connectivity index (χ0v) is 23.0. The van der Waals surface area contributed by atoms with Crippen LogP contribution in [0.4, 0.5) is 5.69 Å². The fourth-order valence-electron chi connectivity index (χ4n) is 3.24. The third-order valence-electron chi connectivity index (χ3n) is 5.32. The Labute approximate surface area is 235 Å². The summed E-state index contributed by atoms with van der Waals surface area (Å²) < 4.78 is 36.9. The number of hydrogen-bond acceptors (Lipinski definition) is 10. The van der Waals surface area contributed by atoms with E-state index in [2.05, 4.69) is 0 Å². The number of nitro groups is 1. The minimum absolute atomic E-state index is 0.167. The van der Waals surface area contributed by atoms with Gasteiger partial charge in [-0.15, -0.1) is 5.75 Å². The van der Waals surface area contributed by atoms with Crippen LogP contribution in [-0.4, -0.2) is 24.9 Å². The van der Waals surface area contributed by atoms with Crippen molar-refractivity contribution in [1.29, 1.82) is 5.26 Å². The highest BCUT2D eigenvalue weighted by molar-refractivity contribution is 7.47.